The highest BCUT2D eigenvalue weighted by molar-refractivity contribution is 5.78. The van der Waals surface area contributed by atoms with Gasteiger partial charge in [0.2, 0.25) is 5.91 Å². The molecule has 2 heteroatoms. The Kier molecular flexibility index (Phi) is 2.69. The Morgan fingerprint density at radius 2 is 2.09 bits per heavy atom. The van der Waals surface area contributed by atoms with E-state index < -0.39 is 0 Å². The molecule has 1 saturated carbocycles. The number of amides is 1. The summed E-state index contributed by atoms with van der Waals surface area (Å²) in [5, 5.41) is 2.68. The fourth-order valence-electron chi connectivity index (χ4n) is 1.49. The number of hydrogen-bond acceptors (Lipinski definition) is 1. The van der Waals surface area contributed by atoms with E-state index in [0.717, 1.165) is 25.7 Å². The highest BCUT2D eigenvalue weighted by atomic mass is 16.1. The Morgan fingerprint density at radius 3 is 2.55 bits per heavy atom. The molecule has 0 atom stereocenters. The Bertz CT molecular complexity index is 164. The second-order valence-corrected chi connectivity index (χ2v) is 3.14. The van der Waals surface area contributed by atoms with Crippen LogP contribution in [0.5, 0.6) is 0 Å². The van der Waals surface area contributed by atoms with Crippen LogP contribution >= 0.6 is 0 Å². The van der Waals surface area contributed by atoms with Gasteiger partial charge in [-0.1, -0.05) is 12.2 Å². The molecule has 1 aliphatic carbocycles. The predicted molar refractivity (Wildman–Crippen MR) is 45.2 cm³/mol. The molecule has 0 aromatic heterocycles. The number of rotatable bonds is 1. The summed E-state index contributed by atoms with van der Waals surface area (Å²) >= 11 is 0. The zero-order chi connectivity index (χ0) is 8.27. The molecule has 0 radical (unpaired) electrons. The summed E-state index contributed by atoms with van der Waals surface area (Å²) in [6.07, 6.45) is 4.02. The molecule has 1 fully saturated rings. The highest BCUT2D eigenvalue weighted by Gasteiger charge is 2.20. The van der Waals surface area contributed by atoms with E-state index in [1.807, 2.05) is 0 Å². The van der Waals surface area contributed by atoms with Gasteiger partial charge in [0.1, 0.15) is 0 Å². The van der Waals surface area contributed by atoms with Gasteiger partial charge in [0.25, 0.3) is 0 Å². The van der Waals surface area contributed by atoms with Crippen molar-refractivity contribution in [2.24, 2.45) is 5.92 Å². The van der Waals surface area contributed by atoms with Gasteiger partial charge in [-0.15, -0.1) is 0 Å². The van der Waals surface area contributed by atoms with Crippen LogP contribution in [0.4, 0.5) is 0 Å². The molecule has 1 amide bonds. The van der Waals surface area contributed by atoms with Crippen molar-refractivity contribution in [3.05, 3.63) is 12.2 Å². The van der Waals surface area contributed by atoms with Crippen molar-refractivity contribution in [1.82, 2.24) is 5.32 Å². The molecule has 0 unspecified atom stereocenters. The third-order valence-corrected chi connectivity index (χ3v) is 2.31. The summed E-state index contributed by atoms with van der Waals surface area (Å²) in [4.78, 5) is 11.1. The quantitative estimate of drug-likeness (QED) is 0.568. The third-order valence-electron chi connectivity index (χ3n) is 2.31. The molecule has 1 rings (SSSR count). The van der Waals surface area contributed by atoms with Gasteiger partial charge in [0.05, 0.1) is 0 Å². The van der Waals surface area contributed by atoms with E-state index in [2.05, 4.69) is 11.9 Å². The van der Waals surface area contributed by atoms with Gasteiger partial charge < -0.3 is 5.32 Å². The van der Waals surface area contributed by atoms with Crippen LogP contribution in [0.25, 0.3) is 0 Å². The van der Waals surface area contributed by atoms with Crippen LogP contribution in [0.1, 0.15) is 25.7 Å². The lowest BCUT2D eigenvalue weighted by atomic mass is 9.86. The van der Waals surface area contributed by atoms with Crippen molar-refractivity contribution in [2.75, 3.05) is 7.05 Å². The minimum Gasteiger partial charge on any atom is -0.359 e. The molecule has 62 valence electrons. The number of carbonyl (C=O) groups excluding carboxylic acids is 1. The van der Waals surface area contributed by atoms with Crippen LogP contribution in [-0.4, -0.2) is 13.0 Å². The van der Waals surface area contributed by atoms with Crippen LogP contribution in [-0.2, 0) is 4.79 Å². The monoisotopic (exact) mass is 153 g/mol. The topological polar surface area (TPSA) is 29.1 Å². The summed E-state index contributed by atoms with van der Waals surface area (Å²) in [5.41, 5.74) is 1.30. The van der Waals surface area contributed by atoms with Gasteiger partial charge in [-0.05, 0) is 25.7 Å². The first-order chi connectivity index (χ1) is 5.24. The molecule has 1 N–H and O–H groups in total. The number of allylic oxidation sites excluding steroid dienone is 1. The summed E-state index contributed by atoms with van der Waals surface area (Å²) < 4.78 is 0. The van der Waals surface area contributed by atoms with E-state index in [1.165, 1.54) is 5.57 Å². The molecular formula is C9H15NO. The van der Waals surface area contributed by atoms with Crippen LogP contribution in [0.2, 0.25) is 0 Å². The first kappa shape index (κ1) is 8.31. The van der Waals surface area contributed by atoms with Gasteiger partial charge in [0.15, 0.2) is 0 Å². The molecular weight excluding hydrogens is 138 g/mol. The Labute approximate surface area is 67.7 Å². The minimum absolute atomic E-state index is 0.192. The first-order valence-corrected chi connectivity index (χ1v) is 4.12. The number of hydrogen-bond donors (Lipinski definition) is 1. The molecule has 0 heterocycles. The third kappa shape index (κ3) is 2.07. The van der Waals surface area contributed by atoms with Gasteiger partial charge in [0, 0.05) is 13.0 Å². The summed E-state index contributed by atoms with van der Waals surface area (Å²) in [6, 6.07) is 0. The molecule has 0 bridgehead atoms. The maximum absolute atomic E-state index is 11.1. The summed E-state index contributed by atoms with van der Waals surface area (Å²) in [7, 11) is 1.70. The maximum atomic E-state index is 11.1. The fraction of sp³-hybridized carbons (Fsp3) is 0.667. The minimum atomic E-state index is 0.192. The Balaban J connectivity index is 2.39. The average Bonchev–Trinajstić information content (AvgIpc) is 2.05. The second kappa shape index (κ2) is 3.56. The largest absolute Gasteiger partial charge is 0.359 e. The van der Waals surface area contributed by atoms with Gasteiger partial charge in [-0.2, -0.15) is 0 Å². The van der Waals surface area contributed by atoms with Gasteiger partial charge in [-0.25, -0.2) is 0 Å². The van der Waals surface area contributed by atoms with Crippen molar-refractivity contribution in [2.45, 2.75) is 25.7 Å². The van der Waals surface area contributed by atoms with E-state index in [0.29, 0.717) is 0 Å². The normalized spacial score (nSPS) is 19.9. The molecule has 11 heavy (non-hydrogen) atoms. The molecule has 1 aliphatic rings. The Morgan fingerprint density at radius 1 is 1.55 bits per heavy atom. The summed E-state index contributed by atoms with van der Waals surface area (Å²) in [5.74, 6) is 0.433. The van der Waals surface area contributed by atoms with E-state index in [-0.39, 0.29) is 11.8 Å². The second-order valence-electron chi connectivity index (χ2n) is 3.14. The lowest BCUT2D eigenvalue weighted by molar-refractivity contribution is -0.125. The van der Waals surface area contributed by atoms with Crippen LogP contribution in [0.15, 0.2) is 12.2 Å². The van der Waals surface area contributed by atoms with E-state index in [4.69, 9.17) is 0 Å². The van der Waals surface area contributed by atoms with E-state index in [1.54, 1.807) is 7.05 Å². The molecule has 2 nitrogen and oxygen atoms in total. The SMILES string of the molecule is C=C1CCC(C(=O)NC)CC1. The molecule has 0 aromatic carbocycles. The maximum Gasteiger partial charge on any atom is 0.222 e. The number of carbonyl (C=O) groups is 1. The van der Waals surface area contributed by atoms with Crippen molar-refractivity contribution in [3.63, 3.8) is 0 Å². The standard InChI is InChI=1S/C9H15NO/c1-7-3-5-8(6-4-7)9(11)10-2/h8H,1,3-6H2,2H3,(H,10,11). The van der Waals surface area contributed by atoms with Gasteiger partial charge in [-0.3, -0.25) is 4.79 Å². The average molecular weight is 153 g/mol. The molecule has 0 aliphatic heterocycles. The fourth-order valence-corrected chi connectivity index (χ4v) is 1.49. The van der Waals surface area contributed by atoms with Crippen molar-refractivity contribution in [1.29, 1.82) is 0 Å². The van der Waals surface area contributed by atoms with E-state index in [9.17, 15) is 4.79 Å². The Hall–Kier alpha value is -0.790. The lowest BCUT2D eigenvalue weighted by Gasteiger charge is -2.21. The van der Waals surface area contributed by atoms with Crippen molar-refractivity contribution in [3.8, 4) is 0 Å². The van der Waals surface area contributed by atoms with Crippen LogP contribution in [0.3, 0.4) is 0 Å². The van der Waals surface area contributed by atoms with Gasteiger partial charge >= 0.3 is 0 Å². The molecule has 0 aromatic rings. The first-order valence-electron chi connectivity index (χ1n) is 4.12. The number of nitrogens with one attached hydrogen (secondary N) is 1. The molecule has 0 spiro atoms. The zero-order valence-electron chi connectivity index (χ0n) is 7.02. The van der Waals surface area contributed by atoms with Crippen LogP contribution < -0.4 is 5.32 Å². The molecule has 0 saturated heterocycles. The zero-order valence-corrected chi connectivity index (χ0v) is 7.02. The van der Waals surface area contributed by atoms with Crippen molar-refractivity contribution < 1.29 is 4.79 Å². The van der Waals surface area contributed by atoms with Crippen molar-refractivity contribution >= 4 is 5.91 Å². The highest BCUT2D eigenvalue weighted by Crippen LogP contribution is 2.26. The summed E-state index contributed by atoms with van der Waals surface area (Å²) in [6.45, 7) is 3.90. The smallest absolute Gasteiger partial charge is 0.222 e. The van der Waals surface area contributed by atoms with Crippen LogP contribution in [0, 0.1) is 5.92 Å². The van der Waals surface area contributed by atoms with E-state index >= 15 is 0 Å². The lowest BCUT2D eigenvalue weighted by Crippen LogP contribution is -2.28. The predicted octanol–water partition coefficient (Wildman–Crippen LogP) is 1.48.